The molecule has 0 bridgehead atoms. The van der Waals surface area contributed by atoms with Crippen LogP contribution in [0.4, 0.5) is 0 Å². The van der Waals surface area contributed by atoms with E-state index in [2.05, 4.69) is 23.3 Å². The van der Waals surface area contributed by atoms with Crippen LogP contribution >= 0.6 is 0 Å². The van der Waals surface area contributed by atoms with Crippen molar-refractivity contribution < 1.29 is 4.42 Å². The lowest BCUT2D eigenvalue weighted by Gasteiger charge is -2.03. The zero-order valence-corrected chi connectivity index (χ0v) is 9.66. The number of furan rings is 1. The van der Waals surface area contributed by atoms with Crippen molar-refractivity contribution in [1.82, 2.24) is 10.3 Å². The first-order chi connectivity index (χ1) is 7.81. The van der Waals surface area contributed by atoms with E-state index in [1.807, 2.05) is 25.4 Å². The summed E-state index contributed by atoms with van der Waals surface area (Å²) >= 11 is 0. The van der Waals surface area contributed by atoms with Crippen molar-refractivity contribution in [2.45, 2.75) is 20.4 Å². The lowest BCUT2D eigenvalue weighted by Crippen LogP contribution is -2.11. The molecule has 1 N–H and O–H groups in total. The summed E-state index contributed by atoms with van der Waals surface area (Å²) in [6.07, 6.45) is 5.45. The number of nitrogens with zero attached hydrogens (tertiary/aromatic N) is 1. The summed E-state index contributed by atoms with van der Waals surface area (Å²) in [5, 5.41) is 3.26. The first-order valence-electron chi connectivity index (χ1n) is 5.50. The van der Waals surface area contributed by atoms with Gasteiger partial charge in [0.25, 0.3) is 0 Å². The first kappa shape index (κ1) is 10.9. The van der Waals surface area contributed by atoms with Crippen LogP contribution in [-0.2, 0) is 6.54 Å². The molecule has 3 nitrogen and oxygen atoms in total. The maximum absolute atomic E-state index is 5.47. The normalized spacial score (nSPS) is 10.6. The van der Waals surface area contributed by atoms with E-state index in [1.54, 1.807) is 6.26 Å². The van der Waals surface area contributed by atoms with Crippen molar-refractivity contribution in [3.63, 3.8) is 0 Å². The Hall–Kier alpha value is -1.61. The van der Waals surface area contributed by atoms with E-state index in [4.69, 9.17) is 4.42 Å². The fourth-order valence-corrected chi connectivity index (χ4v) is 1.68. The average molecular weight is 216 g/mol. The Bertz CT molecular complexity index is 462. The van der Waals surface area contributed by atoms with Gasteiger partial charge < -0.3 is 9.73 Å². The zero-order valence-electron chi connectivity index (χ0n) is 9.66. The summed E-state index contributed by atoms with van der Waals surface area (Å²) in [5.41, 5.74) is 3.40. The number of aryl methyl sites for hydroxylation is 1. The van der Waals surface area contributed by atoms with Crippen molar-refractivity contribution in [3.8, 4) is 11.1 Å². The molecule has 0 saturated carbocycles. The number of hydrogen-bond acceptors (Lipinski definition) is 3. The zero-order chi connectivity index (χ0) is 11.4. The fraction of sp³-hybridized carbons (Fsp3) is 0.308. The van der Waals surface area contributed by atoms with Crippen molar-refractivity contribution in [2.24, 2.45) is 0 Å². The van der Waals surface area contributed by atoms with Gasteiger partial charge in [0, 0.05) is 23.5 Å². The highest BCUT2D eigenvalue weighted by Gasteiger charge is 2.08. The molecule has 16 heavy (non-hydrogen) atoms. The molecule has 0 aliphatic rings. The van der Waals surface area contributed by atoms with E-state index in [-0.39, 0.29) is 0 Å². The minimum atomic E-state index is 0.757. The molecule has 0 aliphatic heterocycles. The van der Waals surface area contributed by atoms with Crippen molar-refractivity contribution in [3.05, 3.63) is 42.1 Å². The molecule has 0 spiro atoms. The van der Waals surface area contributed by atoms with Crippen LogP contribution in [0.25, 0.3) is 11.1 Å². The number of aromatic nitrogens is 1. The van der Waals surface area contributed by atoms with Gasteiger partial charge in [0.05, 0.1) is 12.8 Å². The molecule has 2 aromatic rings. The van der Waals surface area contributed by atoms with Crippen LogP contribution in [0.3, 0.4) is 0 Å². The Morgan fingerprint density at radius 3 is 3.00 bits per heavy atom. The molecule has 2 rings (SSSR count). The number of hydrogen-bond donors (Lipinski definition) is 1. The molecule has 0 amide bonds. The molecule has 2 heterocycles. The molecular weight excluding hydrogens is 200 g/mol. The fourth-order valence-electron chi connectivity index (χ4n) is 1.68. The summed E-state index contributed by atoms with van der Waals surface area (Å²) in [4.78, 5) is 4.20. The van der Waals surface area contributed by atoms with Crippen molar-refractivity contribution in [1.29, 1.82) is 0 Å². The van der Waals surface area contributed by atoms with Crippen molar-refractivity contribution in [2.75, 3.05) is 6.54 Å². The second-order valence-corrected chi connectivity index (χ2v) is 3.79. The molecule has 84 valence electrons. The summed E-state index contributed by atoms with van der Waals surface area (Å²) in [7, 11) is 0. The predicted molar refractivity (Wildman–Crippen MR) is 64.1 cm³/mol. The average Bonchev–Trinajstić information content (AvgIpc) is 2.74. The molecule has 0 radical (unpaired) electrons. The third kappa shape index (κ3) is 2.31. The Labute approximate surface area is 95.5 Å². The molecule has 3 heteroatoms. The topological polar surface area (TPSA) is 38.1 Å². The largest absolute Gasteiger partial charge is 0.467 e. The number of pyridine rings is 1. The van der Waals surface area contributed by atoms with Gasteiger partial charge in [0.15, 0.2) is 0 Å². The van der Waals surface area contributed by atoms with Crippen LogP contribution < -0.4 is 5.32 Å². The summed E-state index contributed by atoms with van der Waals surface area (Å²) in [6.45, 7) is 5.82. The van der Waals surface area contributed by atoms with Gasteiger partial charge >= 0.3 is 0 Å². The SMILES string of the molecule is CCNCc1occc1-c1cncc(C)c1. The first-order valence-corrected chi connectivity index (χ1v) is 5.50. The Kier molecular flexibility index (Phi) is 3.37. The van der Waals surface area contributed by atoms with E-state index >= 15 is 0 Å². The third-order valence-electron chi connectivity index (χ3n) is 2.47. The Morgan fingerprint density at radius 1 is 1.38 bits per heavy atom. The molecule has 0 fully saturated rings. The van der Waals surface area contributed by atoms with Crippen LogP contribution in [0.2, 0.25) is 0 Å². The maximum atomic E-state index is 5.47. The quantitative estimate of drug-likeness (QED) is 0.854. The molecule has 0 aromatic carbocycles. The molecule has 0 atom stereocenters. The molecular formula is C13H16N2O. The van der Waals surface area contributed by atoms with Crippen LogP contribution in [0.1, 0.15) is 18.2 Å². The highest BCUT2D eigenvalue weighted by molar-refractivity contribution is 5.64. The molecule has 2 aromatic heterocycles. The minimum absolute atomic E-state index is 0.757. The summed E-state index contributed by atoms with van der Waals surface area (Å²) in [6, 6.07) is 4.11. The standard InChI is InChI=1S/C13H16N2O/c1-3-14-9-13-12(4-5-16-13)11-6-10(2)7-15-8-11/h4-8,14H,3,9H2,1-2H3. The second kappa shape index (κ2) is 4.94. The van der Waals surface area contributed by atoms with E-state index in [0.717, 1.165) is 35.5 Å². The van der Waals surface area contributed by atoms with E-state index in [9.17, 15) is 0 Å². The van der Waals surface area contributed by atoms with Gasteiger partial charge in [-0.2, -0.15) is 0 Å². The van der Waals surface area contributed by atoms with Gasteiger partial charge in [-0.25, -0.2) is 0 Å². The minimum Gasteiger partial charge on any atom is -0.467 e. The van der Waals surface area contributed by atoms with Crippen LogP contribution in [0.15, 0.2) is 35.2 Å². The highest BCUT2D eigenvalue weighted by atomic mass is 16.3. The smallest absolute Gasteiger partial charge is 0.125 e. The van der Waals surface area contributed by atoms with E-state index < -0.39 is 0 Å². The molecule has 0 aliphatic carbocycles. The van der Waals surface area contributed by atoms with Gasteiger partial charge in [-0.15, -0.1) is 0 Å². The molecule has 0 saturated heterocycles. The van der Waals surface area contributed by atoms with Gasteiger partial charge in [-0.1, -0.05) is 6.92 Å². The lowest BCUT2D eigenvalue weighted by molar-refractivity contribution is 0.489. The lowest BCUT2D eigenvalue weighted by atomic mass is 10.1. The van der Waals surface area contributed by atoms with E-state index in [0.29, 0.717) is 0 Å². The number of nitrogens with one attached hydrogen (secondary N) is 1. The Balaban J connectivity index is 2.29. The predicted octanol–water partition coefficient (Wildman–Crippen LogP) is 2.76. The highest BCUT2D eigenvalue weighted by Crippen LogP contribution is 2.24. The monoisotopic (exact) mass is 216 g/mol. The maximum Gasteiger partial charge on any atom is 0.125 e. The van der Waals surface area contributed by atoms with Gasteiger partial charge in [-0.05, 0) is 31.2 Å². The third-order valence-corrected chi connectivity index (χ3v) is 2.47. The van der Waals surface area contributed by atoms with Gasteiger partial charge in [-0.3, -0.25) is 4.98 Å². The van der Waals surface area contributed by atoms with Gasteiger partial charge in [0.1, 0.15) is 5.76 Å². The molecule has 0 unspecified atom stereocenters. The van der Waals surface area contributed by atoms with Crippen LogP contribution in [0.5, 0.6) is 0 Å². The van der Waals surface area contributed by atoms with Crippen molar-refractivity contribution >= 4 is 0 Å². The van der Waals surface area contributed by atoms with Crippen LogP contribution in [-0.4, -0.2) is 11.5 Å². The number of rotatable bonds is 4. The summed E-state index contributed by atoms with van der Waals surface area (Å²) in [5.74, 6) is 0.967. The van der Waals surface area contributed by atoms with E-state index in [1.165, 1.54) is 0 Å². The Morgan fingerprint density at radius 2 is 2.25 bits per heavy atom. The van der Waals surface area contributed by atoms with Crippen LogP contribution in [0, 0.1) is 6.92 Å². The van der Waals surface area contributed by atoms with Gasteiger partial charge in [0.2, 0.25) is 0 Å². The second-order valence-electron chi connectivity index (χ2n) is 3.79. The summed E-state index contributed by atoms with van der Waals surface area (Å²) < 4.78 is 5.47.